The van der Waals surface area contributed by atoms with E-state index in [1.165, 1.54) is 14.2 Å². The molecule has 4 N–H and O–H groups in total. The average molecular weight is 660 g/mol. The van der Waals surface area contributed by atoms with Crippen LogP contribution in [0.3, 0.4) is 0 Å². The van der Waals surface area contributed by atoms with Crippen LogP contribution in [-0.2, 0) is 23.9 Å². The molecule has 0 bridgehead atoms. The number of ether oxygens (including phenoxy) is 2. The number of likely N-dealkylation sites (tertiary alicyclic amines) is 2. The number of hydrogen-bond donors (Lipinski definition) is 4. The zero-order valence-electron chi connectivity index (χ0n) is 27.4. The van der Waals surface area contributed by atoms with Crippen LogP contribution in [0.25, 0.3) is 22.4 Å². The molecule has 1 aromatic heterocycles. The van der Waals surface area contributed by atoms with Crippen molar-refractivity contribution in [3.05, 3.63) is 60.6 Å². The number of amides is 5. The fourth-order valence-corrected chi connectivity index (χ4v) is 6.09. The Morgan fingerprint density at radius 2 is 1.40 bits per heavy atom. The number of hydrogen-bond acceptors (Lipinski definition) is 8. The summed E-state index contributed by atoms with van der Waals surface area (Å²) in [4.78, 5) is 72.9. The number of H-pyrrole nitrogens is 1. The van der Waals surface area contributed by atoms with Gasteiger partial charge in [-0.1, -0.05) is 36.4 Å². The van der Waals surface area contributed by atoms with Crippen molar-refractivity contribution in [2.75, 3.05) is 39.2 Å². The summed E-state index contributed by atoms with van der Waals surface area (Å²) in [6.45, 7) is 4.53. The largest absolute Gasteiger partial charge is 0.453 e. The number of carbonyl (C=O) groups is 5. The van der Waals surface area contributed by atoms with Gasteiger partial charge in [0.05, 0.1) is 38.1 Å². The lowest BCUT2D eigenvalue weighted by atomic mass is 10.0. The van der Waals surface area contributed by atoms with Crippen LogP contribution in [-0.4, -0.2) is 95.6 Å². The molecule has 14 nitrogen and oxygen atoms in total. The topological polar surface area (TPSA) is 175 Å². The third kappa shape index (κ3) is 7.76. The summed E-state index contributed by atoms with van der Waals surface area (Å²) in [5.41, 5.74) is 4.40. The van der Waals surface area contributed by atoms with Crippen LogP contribution in [0.15, 0.2) is 54.7 Å². The van der Waals surface area contributed by atoms with Gasteiger partial charge in [-0.15, -0.1) is 0 Å². The number of aromatic nitrogens is 2. The number of methoxy groups -OCH3 is 2. The molecule has 0 aliphatic carbocycles. The van der Waals surface area contributed by atoms with E-state index < -0.39 is 24.3 Å². The van der Waals surface area contributed by atoms with Crippen molar-refractivity contribution < 1.29 is 33.4 Å². The van der Waals surface area contributed by atoms with E-state index in [0.717, 1.165) is 35.2 Å². The monoisotopic (exact) mass is 659 g/mol. The lowest BCUT2D eigenvalue weighted by Gasteiger charge is -2.26. The van der Waals surface area contributed by atoms with E-state index in [2.05, 4.69) is 35.4 Å². The van der Waals surface area contributed by atoms with Gasteiger partial charge in [-0.2, -0.15) is 0 Å². The first-order valence-electron chi connectivity index (χ1n) is 15.9. The van der Waals surface area contributed by atoms with Crippen LogP contribution in [0.1, 0.15) is 45.0 Å². The minimum atomic E-state index is -0.744. The van der Waals surface area contributed by atoms with E-state index in [9.17, 15) is 24.0 Å². The van der Waals surface area contributed by atoms with Gasteiger partial charge >= 0.3 is 12.2 Å². The predicted octanol–water partition coefficient (Wildman–Crippen LogP) is 3.68. The summed E-state index contributed by atoms with van der Waals surface area (Å²) in [6, 6.07) is 13.9. The highest BCUT2D eigenvalue weighted by Crippen LogP contribution is 2.33. The first-order valence-corrected chi connectivity index (χ1v) is 15.9. The molecule has 3 heterocycles. The van der Waals surface area contributed by atoms with Crippen LogP contribution in [0, 0.1) is 5.92 Å². The van der Waals surface area contributed by atoms with Crippen molar-refractivity contribution in [1.29, 1.82) is 0 Å². The van der Waals surface area contributed by atoms with Gasteiger partial charge in [-0.3, -0.25) is 14.4 Å². The molecule has 4 atom stereocenters. The van der Waals surface area contributed by atoms with Gasteiger partial charge in [-0.05, 0) is 61.9 Å². The molecule has 3 aromatic rings. The van der Waals surface area contributed by atoms with E-state index in [0.29, 0.717) is 31.0 Å². The summed E-state index contributed by atoms with van der Waals surface area (Å²) < 4.78 is 9.17. The number of imidazole rings is 1. The molecule has 5 amide bonds. The van der Waals surface area contributed by atoms with Crippen LogP contribution >= 0.6 is 0 Å². The molecule has 48 heavy (non-hydrogen) atoms. The van der Waals surface area contributed by atoms with Crippen LogP contribution in [0.2, 0.25) is 0 Å². The molecule has 254 valence electrons. The maximum atomic E-state index is 13.0. The number of nitrogens with zero attached hydrogens (tertiary/aromatic N) is 3. The van der Waals surface area contributed by atoms with Crippen LogP contribution in [0.4, 0.5) is 15.3 Å². The number of nitrogens with one attached hydrogen (secondary N) is 4. The first-order chi connectivity index (χ1) is 23.1. The van der Waals surface area contributed by atoms with Crippen molar-refractivity contribution >= 4 is 35.6 Å². The number of alkyl carbamates (subject to hydrolysis) is 2. The second kappa shape index (κ2) is 15.0. The van der Waals surface area contributed by atoms with E-state index in [1.807, 2.05) is 48.5 Å². The van der Waals surface area contributed by atoms with Gasteiger partial charge in [0.15, 0.2) is 0 Å². The van der Waals surface area contributed by atoms with Crippen molar-refractivity contribution in [2.45, 2.75) is 51.2 Å². The summed E-state index contributed by atoms with van der Waals surface area (Å²) in [6.07, 6.45) is 2.58. The summed E-state index contributed by atoms with van der Waals surface area (Å²) in [7, 11) is 2.49. The van der Waals surface area contributed by atoms with Crippen LogP contribution in [0.5, 0.6) is 0 Å². The fourth-order valence-electron chi connectivity index (χ4n) is 6.09. The molecule has 2 aliphatic heterocycles. The minimum Gasteiger partial charge on any atom is -0.453 e. The summed E-state index contributed by atoms with van der Waals surface area (Å²) in [5, 5.41) is 7.95. The second-order valence-electron chi connectivity index (χ2n) is 12.0. The Hall–Kier alpha value is -5.40. The number of rotatable bonds is 9. The Morgan fingerprint density at radius 3 is 2.02 bits per heavy atom. The van der Waals surface area contributed by atoms with E-state index >= 15 is 0 Å². The molecule has 5 rings (SSSR count). The lowest BCUT2D eigenvalue weighted by molar-refractivity contribution is -0.134. The highest BCUT2D eigenvalue weighted by Gasteiger charge is 2.35. The Kier molecular flexibility index (Phi) is 10.6. The van der Waals surface area contributed by atoms with Crippen LogP contribution < -0.4 is 16.0 Å². The second-order valence-corrected chi connectivity index (χ2v) is 12.0. The number of anilines is 1. The van der Waals surface area contributed by atoms with Gasteiger partial charge in [0.25, 0.3) is 0 Å². The standard InChI is InChI=1S/C34H41N7O7/c1-20(36-33(45)47-3)31(43)40-17-15-25(19-40)30(42)38-26-13-11-23(12-14-26)22-7-9-24(10-8-22)27-18-35-29(39-27)28-6-5-16-41(28)32(44)21(2)37-34(46)48-4/h7-14,18,20-21,25,28H,5-6,15-17,19H2,1-4H3,(H,35,39)(H,36,45)(H,37,46)(H,38,42)/t20-,21+,25+,28-/m0/s1. The van der Waals surface area contributed by atoms with Crippen molar-refractivity contribution in [3.63, 3.8) is 0 Å². The summed E-state index contributed by atoms with van der Waals surface area (Å²) in [5.74, 6) is -0.252. The Bertz CT molecular complexity index is 1640. The van der Waals surface area contributed by atoms with Gasteiger partial charge in [-0.25, -0.2) is 14.6 Å². The number of carbonyl (C=O) groups excluding carboxylic acids is 5. The Balaban J connectivity index is 1.15. The molecule has 0 unspecified atom stereocenters. The molecule has 0 saturated carbocycles. The third-order valence-corrected chi connectivity index (χ3v) is 8.78. The van der Waals surface area contributed by atoms with Crippen molar-refractivity contribution in [1.82, 2.24) is 30.4 Å². The smallest absolute Gasteiger partial charge is 0.407 e. The zero-order valence-corrected chi connectivity index (χ0v) is 27.4. The zero-order chi connectivity index (χ0) is 34.4. The summed E-state index contributed by atoms with van der Waals surface area (Å²) >= 11 is 0. The molecule has 2 fully saturated rings. The normalized spacial score (nSPS) is 18.5. The first kappa shape index (κ1) is 33.9. The van der Waals surface area contributed by atoms with Gasteiger partial charge in [0.1, 0.15) is 17.9 Å². The maximum Gasteiger partial charge on any atom is 0.407 e. The lowest BCUT2D eigenvalue weighted by Crippen LogP contribution is -2.46. The van der Waals surface area contributed by atoms with E-state index in [1.54, 1.807) is 29.8 Å². The SMILES string of the molecule is COC(=O)N[C@@H](C)C(=O)N1CC[C@@H](C(=O)Nc2ccc(-c3ccc(-c4cnc([C@@H]5CCCN5C(=O)[C@@H](C)NC(=O)OC)[nH]4)cc3)cc2)C1. The van der Waals surface area contributed by atoms with Gasteiger partial charge < -0.3 is 40.2 Å². The van der Waals surface area contributed by atoms with Crippen molar-refractivity contribution in [2.24, 2.45) is 5.92 Å². The maximum absolute atomic E-state index is 13.0. The molecule has 0 radical (unpaired) electrons. The molecule has 14 heteroatoms. The highest BCUT2D eigenvalue weighted by atomic mass is 16.5. The number of aromatic amines is 1. The predicted molar refractivity (Wildman–Crippen MR) is 176 cm³/mol. The average Bonchev–Trinajstić information content (AvgIpc) is 3.89. The molecule has 2 aliphatic rings. The molecule has 0 spiro atoms. The Morgan fingerprint density at radius 1 is 0.812 bits per heavy atom. The highest BCUT2D eigenvalue weighted by molar-refractivity contribution is 5.94. The fraction of sp³-hybridized carbons (Fsp3) is 0.412. The third-order valence-electron chi connectivity index (χ3n) is 8.78. The number of benzene rings is 2. The van der Waals surface area contributed by atoms with E-state index in [4.69, 9.17) is 0 Å². The van der Waals surface area contributed by atoms with Gasteiger partial charge in [0.2, 0.25) is 17.7 Å². The van der Waals surface area contributed by atoms with E-state index in [-0.39, 0.29) is 36.2 Å². The quantitative estimate of drug-likeness (QED) is 0.269. The molecular formula is C34H41N7O7. The Labute approximate surface area is 278 Å². The van der Waals surface area contributed by atoms with Crippen molar-refractivity contribution in [3.8, 4) is 22.4 Å². The minimum absolute atomic E-state index is 0.160. The molecular weight excluding hydrogens is 618 g/mol. The molecule has 2 aromatic carbocycles. The molecule has 2 saturated heterocycles. The van der Waals surface area contributed by atoms with Gasteiger partial charge in [0, 0.05) is 25.3 Å².